The zero-order chi connectivity index (χ0) is 28.3. The lowest BCUT2D eigenvalue weighted by Crippen LogP contribution is -2.54. The van der Waals surface area contributed by atoms with E-state index >= 15 is 0 Å². The Kier molecular flexibility index (Phi) is 9.33. The highest BCUT2D eigenvalue weighted by Gasteiger charge is 2.57. The second-order valence-corrected chi connectivity index (χ2v) is 11.9. The summed E-state index contributed by atoms with van der Waals surface area (Å²) in [6.45, 7) is 4.57. The molecule has 6 atom stereocenters. The van der Waals surface area contributed by atoms with Gasteiger partial charge in [0.25, 0.3) is 5.91 Å². The van der Waals surface area contributed by atoms with Crippen LogP contribution in [0.4, 0.5) is 4.39 Å². The van der Waals surface area contributed by atoms with Crippen LogP contribution in [0.5, 0.6) is 5.75 Å². The molecule has 38 heavy (non-hydrogen) atoms. The molecule has 0 spiro atoms. The highest BCUT2D eigenvalue weighted by atomic mass is 32.5. The van der Waals surface area contributed by atoms with Crippen molar-refractivity contribution in [3.05, 3.63) is 54.8 Å². The Balaban J connectivity index is 1.81. The Hall–Kier alpha value is -2.82. The molecule has 11 nitrogen and oxygen atoms in total. The lowest BCUT2D eigenvalue weighted by atomic mass is 9.94. The molecule has 2 heterocycles. The smallest absolute Gasteiger partial charge is 0.323 e. The van der Waals surface area contributed by atoms with Crippen LogP contribution in [0.1, 0.15) is 20.8 Å². The van der Waals surface area contributed by atoms with Gasteiger partial charge in [0.05, 0.1) is 12.7 Å². The number of carbonyl (C=O) groups excluding carboxylic acids is 2. The highest BCUT2D eigenvalue weighted by Crippen LogP contribution is 2.47. The Labute approximate surface area is 224 Å². The molecule has 0 saturated carbocycles. The fraction of sp³-hybridized carbons (Fsp3) is 0.417. The van der Waals surface area contributed by atoms with E-state index in [9.17, 15) is 24.2 Å². The molecule has 2 aliphatic rings. The van der Waals surface area contributed by atoms with E-state index in [1.54, 1.807) is 13.8 Å². The molecule has 4 N–H and O–H groups in total. The van der Waals surface area contributed by atoms with E-state index in [0.29, 0.717) is 0 Å². The second kappa shape index (κ2) is 11.9. The van der Waals surface area contributed by atoms with E-state index in [2.05, 4.69) is 22.9 Å². The van der Waals surface area contributed by atoms with Gasteiger partial charge in [-0.3, -0.25) is 9.59 Å². The number of terminal acetylenes is 1. The minimum absolute atomic E-state index is 0.0638. The first-order valence-corrected chi connectivity index (χ1v) is 14.1. The van der Waals surface area contributed by atoms with Crippen molar-refractivity contribution >= 4 is 30.3 Å². The van der Waals surface area contributed by atoms with Crippen LogP contribution in [0.2, 0.25) is 0 Å². The first kappa shape index (κ1) is 29.7. The minimum Gasteiger partial charge on any atom is -0.462 e. The molecule has 0 aromatic heterocycles. The maximum absolute atomic E-state index is 13.4. The number of nitrogens with zero attached hydrogens (tertiary/aromatic N) is 1. The average Bonchev–Trinajstić information content (AvgIpc) is 3.09. The molecule has 206 valence electrons. The van der Waals surface area contributed by atoms with Crippen molar-refractivity contribution in [2.45, 2.75) is 57.0 Å². The zero-order valence-corrected chi connectivity index (χ0v) is 22.6. The molecule has 1 saturated heterocycles. The van der Waals surface area contributed by atoms with Crippen LogP contribution >= 0.6 is 6.64 Å². The number of aliphatic hydroxyl groups excluding tert-OH is 1. The molecule has 1 amide bonds. The van der Waals surface area contributed by atoms with E-state index < -0.39 is 61.0 Å². The summed E-state index contributed by atoms with van der Waals surface area (Å²) in [5.41, 5.74) is -2.23. The van der Waals surface area contributed by atoms with E-state index in [4.69, 9.17) is 36.8 Å². The van der Waals surface area contributed by atoms with E-state index in [1.807, 2.05) is 0 Å². The van der Waals surface area contributed by atoms with Crippen LogP contribution in [0, 0.1) is 18.2 Å². The summed E-state index contributed by atoms with van der Waals surface area (Å²) in [6, 6.07) is 4.01. The summed E-state index contributed by atoms with van der Waals surface area (Å²) < 4.78 is 36.1. The van der Waals surface area contributed by atoms with Crippen LogP contribution < -0.4 is 14.9 Å². The summed E-state index contributed by atoms with van der Waals surface area (Å²) in [5, 5.41) is 27.2. The second-order valence-electron chi connectivity index (χ2n) is 8.78. The van der Waals surface area contributed by atoms with Crippen molar-refractivity contribution in [1.82, 2.24) is 15.3 Å². The van der Waals surface area contributed by atoms with Crippen LogP contribution in [-0.4, -0.2) is 69.8 Å². The van der Waals surface area contributed by atoms with Crippen LogP contribution in [0.25, 0.3) is 0 Å². The monoisotopic (exact) mass is 569 g/mol. The van der Waals surface area contributed by atoms with E-state index in [-0.39, 0.29) is 17.7 Å². The number of benzene rings is 1. The lowest BCUT2D eigenvalue weighted by molar-refractivity contribution is -0.149. The number of hydrogen-bond donors (Lipinski definition) is 4. The van der Waals surface area contributed by atoms with E-state index in [0.717, 1.165) is 12.1 Å². The topological polar surface area (TPSA) is 139 Å². The molecule has 2 unspecified atom stereocenters. The van der Waals surface area contributed by atoms with Gasteiger partial charge in [0.1, 0.15) is 35.6 Å². The zero-order valence-electron chi connectivity index (χ0n) is 20.9. The van der Waals surface area contributed by atoms with E-state index in [1.165, 1.54) is 36.2 Å². The predicted molar refractivity (Wildman–Crippen MR) is 138 cm³/mol. The standard InChI is InChI=1S/C24H29FN3O8PS/c1-6-24(32)21(30)19(35-23(24)28-12-11-20(29)26-16(28)5)13-33-37(38,27-15(4)22(31)34-14(2)3)36-18-9-7-17(25)8-10-18/h1,7-12,14-15,19,21,23,30,32H,5,13H2,2-4H3,(H,26,29)(H,27,38)/t15?,19-,21-,23-,24-,37?/m1/s1. The lowest BCUT2D eigenvalue weighted by Gasteiger charge is -2.36. The number of ether oxygens (including phenoxy) is 2. The third-order valence-electron chi connectivity index (χ3n) is 5.44. The molecule has 1 aromatic rings. The highest BCUT2D eigenvalue weighted by molar-refractivity contribution is 8.09. The van der Waals surface area contributed by atoms with Gasteiger partial charge in [0, 0.05) is 12.3 Å². The molecular weight excluding hydrogens is 540 g/mol. The van der Waals surface area contributed by atoms with Gasteiger partial charge in [-0.05, 0) is 56.8 Å². The molecule has 0 radical (unpaired) electrons. The van der Waals surface area contributed by atoms with Gasteiger partial charge in [-0.25, -0.2) is 9.48 Å². The summed E-state index contributed by atoms with van der Waals surface area (Å²) in [7, 11) is 0. The third kappa shape index (κ3) is 6.78. The first-order valence-electron chi connectivity index (χ1n) is 11.5. The molecule has 1 aromatic carbocycles. The van der Waals surface area contributed by atoms with Crippen LogP contribution in [0.15, 0.2) is 48.9 Å². The van der Waals surface area contributed by atoms with Gasteiger partial charge in [-0.2, -0.15) is 0 Å². The van der Waals surface area contributed by atoms with Crippen molar-refractivity contribution in [2.24, 2.45) is 0 Å². The van der Waals surface area contributed by atoms with Gasteiger partial charge in [-0.1, -0.05) is 12.5 Å². The average molecular weight is 570 g/mol. The Bertz CT molecular complexity index is 1190. The maximum Gasteiger partial charge on any atom is 0.323 e. The number of amides is 1. The van der Waals surface area contributed by atoms with Gasteiger partial charge < -0.3 is 39.0 Å². The Morgan fingerprint density at radius 1 is 1.42 bits per heavy atom. The molecule has 0 bridgehead atoms. The first-order chi connectivity index (χ1) is 17.8. The van der Waals surface area contributed by atoms with Crippen molar-refractivity contribution in [2.75, 3.05) is 6.61 Å². The van der Waals surface area contributed by atoms with Crippen LogP contribution in [0.3, 0.4) is 0 Å². The van der Waals surface area contributed by atoms with Gasteiger partial charge >= 0.3 is 12.6 Å². The number of halogens is 1. The van der Waals surface area contributed by atoms with Crippen LogP contribution in [-0.2, 0) is 35.4 Å². The number of nitrogens with one attached hydrogen (secondary N) is 2. The number of carbonyl (C=O) groups is 2. The fourth-order valence-corrected chi connectivity index (χ4v) is 5.98. The predicted octanol–water partition coefficient (Wildman–Crippen LogP) is 1.24. The molecule has 3 rings (SSSR count). The Morgan fingerprint density at radius 3 is 2.66 bits per heavy atom. The minimum atomic E-state index is -3.58. The third-order valence-corrected chi connectivity index (χ3v) is 7.94. The van der Waals surface area contributed by atoms with Gasteiger partial charge in [0.15, 0.2) is 11.8 Å². The number of esters is 1. The molecule has 2 aliphatic heterocycles. The normalized spacial score (nSPS) is 27.4. The van der Waals surface area contributed by atoms with Crippen molar-refractivity contribution < 1.29 is 42.7 Å². The quantitative estimate of drug-likeness (QED) is 0.184. The number of hydrogen-bond acceptors (Lipinski definition) is 10. The van der Waals surface area contributed by atoms with Crippen molar-refractivity contribution in [1.29, 1.82) is 0 Å². The SMILES string of the molecule is C#C[C@@]1(O)[C@H](O)[C@@H](COP(=S)(NC(C)C(=O)OC(C)C)Oc2ccc(F)cc2)O[C@H]1N1C=CC(=O)NC1=C. The summed E-state index contributed by atoms with van der Waals surface area (Å²) in [6.07, 6.45) is 3.41. The molecule has 1 fully saturated rings. The molecular formula is C24H29FN3O8PS. The summed E-state index contributed by atoms with van der Waals surface area (Å²) in [4.78, 5) is 25.2. The van der Waals surface area contributed by atoms with Gasteiger partial charge in [-0.15, -0.1) is 6.42 Å². The molecule has 14 heteroatoms. The largest absolute Gasteiger partial charge is 0.462 e. The fourth-order valence-electron chi connectivity index (χ4n) is 3.56. The van der Waals surface area contributed by atoms with Gasteiger partial charge in [0.2, 0.25) is 0 Å². The Morgan fingerprint density at radius 2 is 2.08 bits per heavy atom. The summed E-state index contributed by atoms with van der Waals surface area (Å²) >= 11 is 5.60. The van der Waals surface area contributed by atoms with Crippen molar-refractivity contribution in [3.8, 4) is 18.1 Å². The summed E-state index contributed by atoms with van der Waals surface area (Å²) in [5.74, 6) is 0.806. The number of rotatable bonds is 10. The van der Waals surface area contributed by atoms with Crippen molar-refractivity contribution in [3.63, 3.8) is 0 Å². The molecule has 0 aliphatic carbocycles. The maximum atomic E-state index is 13.4. The number of aliphatic hydroxyl groups is 2.